The van der Waals surface area contributed by atoms with Gasteiger partial charge >= 0.3 is 0 Å². The van der Waals surface area contributed by atoms with E-state index in [-0.39, 0.29) is 11.1 Å². The number of nitrogens with zero attached hydrogens (tertiary/aromatic N) is 4. The second-order valence-corrected chi connectivity index (χ2v) is 5.28. The normalized spacial score (nSPS) is 25.0. The van der Waals surface area contributed by atoms with Gasteiger partial charge in [-0.15, -0.1) is 0 Å². The summed E-state index contributed by atoms with van der Waals surface area (Å²) in [5.41, 5.74) is 0. The molecule has 3 rings (SSSR count). The summed E-state index contributed by atoms with van der Waals surface area (Å²) in [7, 11) is 0. The zero-order chi connectivity index (χ0) is 12.5. The average molecular weight is 271 g/mol. The highest BCUT2D eigenvalue weighted by Crippen LogP contribution is 2.25. The second-order valence-electron chi connectivity index (χ2n) is 4.94. The summed E-state index contributed by atoms with van der Waals surface area (Å²) in [6, 6.07) is 0.528. The van der Waals surface area contributed by atoms with Crippen molar-refractivity contribution in [1.29, 1.82) is 0 Å². The van der Waals surface area contributed by atoms with Crippen molar-refractivity contribution in [3.05, 3.63) is 17.3 Å². The Morgan fingerprint density at radius 1 is 1.28 bits per heavy atom. The predicted molar refractivity (Wildman–Crippen MR) is 68.4 cm³/mol. The van der Waals surface area contributed by atoms with Gasteiger partial charge in [-0.05, 0) is 31.0 Å². The Balaban J connectivity index is 1.79. The summed E-state index contributed by atoms with van der Waals surface area (Å²) >= 11 is 5.75. The molecule has 1 aromatic rings. The standard InChI is InChI=1S/C12H16ClFN4/c13-12-15-7-10(14)11(16-12)18-6-5-17-4-2-1-3-9(17)8-18/h7,9H,1-6,8H2. The summed E-state index contributed by atoms with van der Waals surface area (Å²) in [5.74, 6) is -0.0381. The van der Waals surface area contributed by atoms with Gasteiger partial charge in [0.25, 0.3) is 0 Å². The number of hydrogen-bond donors (Lipinski definition) is 0. The van der Waals surface area contributed by atoms with E-state index in [1.54, 1.807) is 0 Å². The number of hydrogen-bond acceptors (Lipinski definition) is 4. The smallest absolute Gasteiger partial charge is 0.224 e. The molecule has 1 aromatic heterocycles. The van der Waals surface area contributed by atoms with E-state index in [0.717, 1.165) is 25.8 Å². The van der Waals surface area contributed by atoms with Gasteiger partial charge in [0.15, 0.2) is 11.6 Å². The Morgan fingerprint density at radius 2 is 2.17 bits per heavy atom. The third kappa shape index (κ3) is 2.29. The van der Waals surface area contributed by atoms with Gasteiger partial charge in [-0.1, -0.05) is 6.42 Å². The molecule has 2 aliphatic rings. The van der Waals surface area contributed by atoms with E-state index in [9.17, 15) is 4.39 Å². The quantitative estimate of drug-likeness (QED) is 0.730. The monoisotopic (exact) mass is 270 g/mol. The second kappa shape index (κ2) is 4.97. The lowest BCUT2D eigenvalue weighted by molar-refractivity contribution is 0.133. The first-order valence-electron chi connectivity index (χ1n) is 6.41. The molecule has 2 fully saturated rings. The van der Waals surface area contributed by atoms with Gasteiger partial charge in [0, 0.05) is 25.7 Å². The van der Waals surface area contributed by atoms with Crippen molar-refractivity contribution in [2.75, 3.05) is 31.1 Å². The number of rotatable bonds is 1. The lowest BCUT2D eigenvalue weighted by atomic mass is 9.99. The Kier molecular flexibility index (Phi) is 3.35. The molecule has 1 unspecified atom stereocenters. The fourth-order valence-electron chi connectivity index (χ4n) is 2.91. The molecule has 0 radical (unpaired) electrons. The maximum absolute atomic E-state index is 13.7. The zero-order valence-electron chi connectivity index (χ0n) is 10.1. The summed E-state index contributed by atoms with van der Waals surface area (Å²) in [5, 5.41) is 0.109. The van der Waals surface area contributed by atoms with Gasteiger partial charge in [-0.25, -0.2) is 9.37 Å². The van der Waals surface area contributed by atoms with E-state index in [2.05, 4.69) is 14.9 Å². The molecule has 0 aromatic carbocycles. The van der Waals surface area contributed by atoms with Crippen LogP contribution in [0.1, 0.15) is 19.3 Å². The molecule has 4 nitrogen and oxygen atoms in total. The topological polar surface area (TPSA) is 32.3 Å². The van der Waals surface area contributed by atoms with Gasteiger partial charge in [0.1, 0.15) is 0 Å². The molecule has 0 bridgehead atoms. The van der Waals surface area contributed by atoms with Crippen molar-refractivity contribution in [3.8, 4) is 0 Å². The Bertz CT molecular complexity index is 442. The van der Waals surface area contributed by atoms with Crippen LogP contribution in [0.25, 0.3) is 0 Å². The van der Waals surface area contributed by atoms with Crippen LogP contribution in [-0.4, -0.2) is 47.1 Å². The van der Waals surface area contributed by atoms with Crippen LogP contribution in [0.15, 0.2) is 6.20 Å². The lowest BCUT2D eigenvalue weighted by Crippen LogP contribution is -2.55. The van der Waals surface area contributed by atoms with Gasteiger partial charge in [-0.2, -0.15) is 4.98 Å². The first kappa shape index (κ1) is 12.1. The maximum atomic E-state index is 13.7. The van der Waals surface area contributed by atoms with Crippen molar-refractivity contribution in [2.45, 2.75) is 25.3 Å². The molecule has 98 valence electrons. The highest BCUT2D eigenvalue weighted by atomic mass is 35.5. The highest BCUT2D eigenvalue weighted by molar-refractivity contribution is 6.28. The molecule has 2 saturated heterocycles. The molecule has 0 spiro atoms. The summed E-state index contributed by atoms with van der Waals surface area (Å²) in [6.07, 6.45) is 4.89. The van der Waals surface area contributed by atoms with Crippen molar-refractivity contribution in [3.63, 3.8) is 0 Å². The minimum absolute atomic E-state index is 0.109. The number of piperazine rings is 1. The van der Waals surface area contributed by atoms with Gasteiger partial charge in [0.2, 0.25) is 5.28 Å². The summed E-state index contributed by atoms with van der Waals surface area (Å²) < 4.78 is 13.7. The van der Waals surface area contributed by atoms with Crippen LogP contribution in [0.2, 0.25) is 5.28 Å². The van der Waals surface area contributed by atoms with Crippen molar-refractivity contribution < 1.29 is 4.39 Å². The van der Waals surface area contributed by atoms with Gasteiger partial charge in [0.05, 0.1) is 6.20 Å². The minimum atomic E-state index is -0.386. The van der Waals surface area contributed by atoms with E-state index < -0.39 is 0 Å². The van der Waals surface area contributed by atoms with Crippen LogP contribution >= 0.6 is 11.6 Å². The first-order valence-corrected chi connectivity index (χ1v) is 6.79. The largest absolute Gasteiger partial charge is 0.351 e. The molecule has 3 heterocycles. The summed E-state index contributed by atoms with van der Waals surface area (Å²) in [6.45, 7) is 3.79. The van der Waals surface area contributed by atoms with Crippen LogP contribution in [0.4, 0.5) is 10.2 Å². The van der Waals surface area contributed by atoms with E-state index in [4.69, 9.17) is 11.6 Å². The van der Waals surface area contributed by atoms with Crippen molar-refractivity contribution in [1.82, 2.24) is 14.9 Å². The van der Waals surface area contributed by atoms with E-state index in [1.165, 1.54) is 25.8 Å². The number of fused-ring (bicyclic) bond motifs is 1. The number of aromatic nitrogens is 2. The first-order chi connectivity index (χ1) is 8.74. The Hall–Kier alpha value is -0.940. The fourth-order valence-corrected chi connectivity index (χ4v) is 3.04. The van der Waals surface area contributed by atoms with Crippen molar-refractivity contribution >= 4 is 17.4 Å². The molecule has 18 heavy (non-hydrogen) atoms. The van der Waals surface area contributed by atoms with Gasteiger partial charge in [-0.3, -0.25) is 4.90 Å². The molecule has 0 saturated carbocycles. The molecule has 6 heteroatoms. The fraction of sp³-hybridized carbons (Fsp3) is 0.667. The third-order valence-corrected chi connectivity index (χ3v) is 4.02. The predicted octanol–water partition coefficient (Wildman–Crippen LogP) is 1.94. The number of anilines is 1. The molecule has 0 N–H and O–H groups in total. The van der Waals surface area contributed by atoms with Gasteiger partial charge < -0.3 is 4.90 Å². The zero-order valence-corrected chi connectivity index (χ0v) is 10.9. The van der Waals surface area contributed by atoms with Crippen LogP contribution in [0.5, 0.6) is 0 Å². The molecule has 2 aliphatic heterocycles. The van der Waals surface area contributed by atoms with Crippen LogP contribution in [0, 0.1) is 5.82 Å². The number of halogens is 2. The van der Waals surface area contributed by atoms with Crippen LogP contribution in [0.3, 0.4) is 0 Å². The summed E-state index contributed by atoms with van der Waals surface area (Å²) in [4.78, 5) is 12.2. The molecule has 1 atom stereocenters. The van der Waals surface area contributed by atoms with E-state index in [1.807, 2.05) is 4.90 Å². The molecule has 0 amide bonds. The van der Waals surface area contributed by atoms with E-state index >= 15 is 0 Å². The molecular weight excluding hydrogens is 255 g/mol. The lowest BCUT2D eigenvalue weighted by Gasteiger charge is -2.44. The maximum Gasteiger partial charge on any atom is 0.224 e. The van der Waals surface area contributed by atoms with E-state index in [0.29, 0.717) is 11.9 Å². The van der Waals surface area contributed by atoms with Crippen LogP contribution < -0.4 is 4.90 Å². The van der Waals surface area contributed by atoms with Crippen molar-refractivity contribution in [2.24, 2.45) is 0 Å². The number of piperidine rings is 1. The van der Waals surface area contributed by atoms with Crippen LogP contribution in [-0.2, 0) is 0 Å². The minimum Gasteiger partial charge on any atom is -0.351 e. The highest BCUT2D eigenvalue weighted by Gasteiger charge is 2.30. The average Bonchev–Trinajstić information content (AvgIpc) is 2.41. The third-order valence-electron chi connectivity index (χ3n) is 3.83. The Morgan fingerprint density at radius 3 is 3.06 bits per heavy atom. The molecular formula is C12H16ClFN4. The Labute approximate surface area is 111 Å². The molecule has 0 aliphatic carbocycles. The SMILES string of the molecule is Fc1cnc(Cl)nc1N1CCN2CCCCC2C1.